The Balaban J connectivity index is 1.75. The lowest BCUT2D eigenvalue weighted by Crippen LogP contribution is -2.59. The van der Waals surface area contributed by atoms with Gasteiger partial charge in [0.2, 0.25) is 0 Å². The van der Waals surface area contributed by atoms with Crippen molar-refractivity contribution in [1.82, 2.24) is 0 Å². The highest BCUT2D eigenvalue weighted by Crippen LogP contribution is 2.70. The first-order chi connectivity index (χ1) is 10.9. The molecule has 0 nitrogen and oxygen atoms in total. The minimum atomic E-state index is -1.01. The quantitative estimate of drug-likeness (QED) is 0.486. The van der Waals surface area contributed by atoms with Gasteiger partial charge in [-0.05, 0) is 74.5 Å². The highest BCUT2D eigenvalue weighted by molar-refractivity contribution is 5.36. The molecule has 0 amide bonds. The first-order valence-corrected chi connectivity index (χ1v) is 9.93. The lowest BCUT2D eigenvalue weighted by atomic mass is 9.46. The molecule has 0 unspecified atom stereocenters. The predicted molar refractivity (Wildman–Crippen MR) is 94.9 cm³/mol. The predicted octanol–water partition coefficient (Wildman–Crippen LogP) is 6.48. The van der Waals surface area contributed by atoms with Crippen molar-refractivity contribution in [2.45, 2.75) is 78.3 Å². The van der Waals surface area contributed by atoms with Gasteiger partial charge in [0.25, 0.3) is 0 Å². The van der Waals surface area contributed by atoms with Crippen molar-refractivity contribution in [2.75, 3.05) is 0 Å². The Labute approximate surface area is 141 Å². The second kappa shape index (κ2) is 4.96. The average Bonchev–Trinajstić information content (AvgIpc) is 2.78. The molecule has 0 N–H and O–H groups in total. The van der Waals surface area contributed by atoms with Crippen LogP contribution in [0.25, 0.3) is 0 Å². The summed E-state index contributed by atoms with van der Waals surface area (Å²) in [5.74, 6) is 2.42. The van der Waals surface area contributed by atoms with Crippen LogP contribution in [0, 0.1) is 34.5 Å². The van der Waals surface area contributed by atoms with Gasteiger partial charge >= 0.3 is 0 Å². The third-order valence-electron chi connectivity index (χ3n) is 8.75. The SMILES string of the molecule is CC[C@@H]1[C@@H](C)C[C@H]2[C@@H]3CCC4=CCC=C[C@]4(C)[C@@]3(F)CC[C@]12C. The fraction of sp³-hybridized carbons (Fsp3) is 0.818. The van der Waals surface area contributed by atoms with E-state index in [9.17, 15) is 0 Å². The van der Waals surface area contributed by atoms with Crippen molar-refractivity contribution in [3.8, 4) is 0 Å². The van der Waals surface area contributed by atoms with E-state index in [0.29, 0.717) is 11.3 Å². The molecule has 0 saturated heterocycles. The molecule has 0 aromatic heterocycles. The zero-order valence-corrected chi connectivity index (χ0v) is 15.4. The van der Waals surface area contributed by atoms with Crippen molar-refractivity contribution < 1.29 is 4.39 Å². The Morgan fingerprint density at radius 1 is 1.22 bits per heavy atom. The van der Waals surface area contributed by atoms with Crippen molar-refractivity contribution in [3.05, 3.63) is 23.8 Å². The van der Waals surface area contributed by atoms with E-state index in [4.69, 9.17) is 0 Å². The Bertz CT molecular complexity index is 560. The number of rotatable bonds is 1. The van der Waals surface area contributed by atoms with Gasteiger partial charge in [-0.25, -0.2) is 4.39 Å². The monoisotopic (exact) mass is 316 g/mol. The van der Waals surface area contributed by atoms with Gasteiger partial charge < -0.3 is 0 Å². The fourth-order valence-corrected chi connectivity index (χ4v) is 7.56. The van der Waals surface area contributed by atoms with E-state index in [1.165, 1.54) is 18.4 Å². The molecule has 3 fully saturated rings. The Morgan fingerprint density at radius 3 is 2.74 bits per heavy atom. The molecule has 1 heteroatoms. The number of hydrogen-bond acceptors (Lipinski definition) is 0. The Hall–Kier alpha value is -0.590. The molecule has 4 aliphatic rings. The topological polar surface area (TPSA) is 0 Å². The standard InChI is InChI=1S/C22H33F/c1-5-17-15(2)14-19-18-10-9-16-8-6-7-11-21(16,4)22(18,23)13-12-20(17,19)3/h7-8,11,15,17-19H,5-6,9-10,12-14H2,1-4H3/t15-,17+,18-,19-,20+,21-,22+/m0/s1. The van der Waals surface area contributed by atoms with E-state index >= 15 is 4.39 Å². The average molecular weight is 317 g/mol. The van der Waals surface area contributed by atoms with Gasteiger partial charge in [-0.2, -0.15) is 0 Å². The van der Waals surface area contributed by atoms with E-state index in [0.717, 1.165) is 43.9 Å². The third-order valence-corrected chi connectivity index (χ3v) is 8.75. The molecule has 0 bridgehead atoms. The second-order valence-corrected chi connectivity index (χ2v) is 9.42. The van der Waals surface area contributed by atoms with E-state index < -0.39 is 5.67 Å². The van der Waals surface area contributed by atoms with E-state index in [1.54, 1.807) is 0 Å². The van der Waals surface area contributed by atoms with Crippen LogP contribution < -0.4 is 0 Å². The van der Waals surface area contributed by atoms with Crippen molar-refractivity contribution in [2.24, 2.45) is 34.5 Å². The molecule has 0 heterocycles. The molecule has 23 heavy (non-hydrogen) atoms. The highest BCUT2D eigenvalue weighted by atomic mass is 19.1. The summed E-state index contributed by atoms with van der Waals surface area (Å²) in [5.41, 5.74) is 0.425. The number of alkyl halides is 1. The summed E-state index contributed by atoms with van der Waals surface area (Å²) in [4.78, 5) is 0. The molecule has 4 rings (SSSR count). The Morgan fingerprint density at radius 2 is 2.00 bits per heavy atom. The molecule has 3 saturated carbocycles. The zero-order chi connectivity index (χ0) is 16.5. The largest absolute Gasteiger partial charge is 0.242 e. The van der Waals surface area contributed by atoms with Crippen molar-refractivity contribution in [3.63, 3.8) is 0 Å². The summed E-state index contributed by atoms with van der Waals surface area (Å²) >= 11 is 0. The van der Waals surface area contributed by atoms with Gasteiger partial charge in [-0.1, -0.05) is 51.0 Å². The van der Waals surface area contributed by atoms with Crippen LogP contribution in [-0.2, 0) is 0 Å². The summed E-state index contributed by atoms with van der Waals surface area (Å²) < 4.78 is 16.6. The molecule has 4 aliphatic carbocycles. The van der Waals surface area contributed by atoms with Gasteiger partial charge in [-0.3, -0.25) is 0 Å². The number of allylic oxidation sites excluding steroid dienone is 4. The first-order valence-electron chi connectivity index (χ1n) is 9.93. The van der Waals surface area contributed by atoms with E-state index in [1.807, 2.05) is 0 Å². The van der Waals surface area contributed by atoms with Gasteiger partial charge in [-0.15, -0.1) is 0 Å². The van der Waals surface area contributed by atoms with Crippen molar-refractivity contribution in [1.29, 1.82) is 0 Å². The summed E-state index contributed by atoms with van der Waals surface area (Å²) in [7, 11) is 0. The van der Waals surface area contributed by atoms with Crippen LogP contribution >= 0.6 is 0 Å². The number of halogens is 1. The number of hydrogen-bond donors (Lipinski definition) is 0. The maximum Gasteiger partial charge on any atom is 0.126 e. The van der Waals surface area contributed by atoms with E-state index in [2.05, 4.69) is 45.9 Å². The lowest BCUT2D eigenvalue weighted by molar-refractivity contribution is -0.126. The van der Waals surface area contributed by atoms with Crippen LogP contribution in [0.1, 0.15) is 72.6 Å². The Kier molecular flexibility index (Phi) is 3.43. The zero-order valence-electron chi connectivity index (χ0n) is 15.4. The molecular weight excluding hydrogens is 283 g/mol. The minimum Gasteiger partial charge on any atom is -0.242 e. The van der Waals surface area contributed by atoms with Gasteiger partial charge in [0.1, 0.15) is 5.67 Å². The van der Waals surface area contributed by atoms with Crippen LogP contribution in [0.2, 0.25) is 0 Å². The minimum absolute atomic E-state index is 0.269. The molecule has 0 radical (unpaired) electrons. The molecule has 0 aromatic carbocycles. The van der Waals surface area contributed by atoms with Gasteiger partial charge in [0.05, 0.1) is 0 Å². The highest BCUT2D eigenvalue weighted by Gasteiger charge is 2.66. The second-order valence-electron chi connectivity index (χ2n) is 9.42. The normalized spacial score (nSPS) is 54.9. The molecule has 0 aliphatic heterocycles. The van der Waals surface area contributed by atoms with Crippen LogP contribution in [0.15, 0.2) is 23.8 Å². The molecular formula is C22H33F. The van der Waals surface area contributed by atoms with Crippen molar-refractivity contribution >= 4 is 0 Å². The molecule has 0 aromatic rings. The third kappa shape index (κ3) is 1.83. The number of fused-ring (bicyclic) bond motifs is 5. The van der Waals surface area contributed by atoms with E-state index in [-0.39, 0.29) is 11.3 Å². The van der Waals surface area contributed by atoms with Gasteiger partial charge in [0, 0.05) is 5.41 Å². The lowest BCUT2D eigenvalue weighted by Gasteiger charge is -2.60. The maximum atomic E-state index is 16.6. The summed E-state index contributed by atoms with van der Waals surface area (Å²) in [6, 6.07) is 0. The first kappa shape index (κ1) is 15.9. The summed E-state index contributed by atoms with van der Waals surface area (Å²) in [6.45, 7) is 9.46. The summed E-state index contributed by atoms with van der Waals surface area (Å²) in [5, 5.41) is 0. The fourth-order valence-electron chi connectivity index (χ4n) is 7.56. The van der Waals surface area contributed by atoms with Crippen LogP contribution in [0.5, 0.6) is 0 Å². The van der Waals surface area contributed by atoms with Crippen LogP contribution in [0.4, 0.5) is 4.39 Å². The molecule has 7 atom stereocenters. The molecule has 128 valence electrons. The van der Waals surface area contributed by atoms with Gasteiger partial charge in [0.15, 0.2) is 0 Å². The van der Waals surface area contributed by atoms with Crippen LogP contribution in [0.3, 0.4) is 0 Å². The van der Waals surface area contributed by atoms with Crippen LogP contribution in [-0.4, -0.2) is 5.67 Å². The summed E-state index contributed by atoms with van der Waals surface area (Å²) in [6.07, 6.45) is 14.3. The maximum absolute atomic E-state index is 16.6. The molecule has 0 spiro atoms. The smallest absolute Gasteiger partial charge is 0.126 e.